The summed E-state index contributed by atoms with van der Waals surface area (Å²) in [5.74, 6) is 0.626. The van der Waals surface area contributed by atoms with E-state index in [0.29, 0.717) is 31.1 Å². The van der Waals surface area contributed by atoms with Crippen molar-refractivity contribution in [3.05, 3.63) is 47.6 Å². The second kappa shape index (κ2) is 9.30. The Labute approximate surface area is 159 Å². The number of carbonyl (C=O) groups is 2. The summed E-state index contributed by atoms with van der Waals surface area (Å²) in [6.07, 6.45) is 1.38. The molecule has 7 heteroatoms. The minimum Gasteiger partial charge on any atom is -0.468 e. The molecule has 0 fully saturated rings. The van der Waals surface area contributed by atoms with Crippen LogP contribution in [0.2, 0.25) is 0 Å². The molecule has 2 rings (SSSR count). The van der Waals surface area contributed by atoms with Gasteiger partial charge in [-0.2, -0.15) is 4.98 Å². The lowest BCUT2D eigenvalue weighted by atomic mass is 9.96. The van der Waals surface area contributed by atoms with Crippen LogP contribution in [0.4, 0.5) is 0 Å². The number of esters is 1. The first-order valence-electron chi connectivity index (χ1n) is 9.01. The van der Waals surface area contributed by atoms with E-state index in [9.17, 15) is 9.59 Å². The maximum atomic E-state index is 12.6. The zero-order valence-corrected chi connectivity index (χ0v) is 16.4. The minimum absolute atomic E-state index is 0.0705. The van der Waals surface area contributed by atoms with Gasteiger partial charge in [-0.05, 0) is 12.0 Å². The van der Waals surface area contributed by atoms with Crippen LogP contribution in [-0.4, -0.2) is 40.6 Å². The van der Waals surface area contributed by atoms with Gasteiger partial charge in [0.05, 0.1) is 7.11 Å². The van der Waals surface area contributed by atoms with Gasteiger partial charge in [0.2, 0.25) is 11.8 Å². The summed E-state index contributed by atoms with van der Waals surface area (Å²) >= 11 is 0. The summed E-state index contributed by atoms with van der Waals surface area (Å²) in [4.78, 5) is 30.2. The number of aryl methyl sites for hydroxylation is 1. The summed E-state index contributed by atoms with van der Waals surface area (Å²) in [5.41, 5.74) is 0.784. The molecular weight excluding hydrogens is 346 g/mol. The van der Waals surface area contributed by atoms with Crippen molar-refractivity contribution >= 4 is 11.9 Å². The molecule has 0 radical (unpaired) electrons. The molecule has 0 aliphatic carbocycles. The van der Waals surface area contributed by atoms with E-state index in [2.05, 4.69) is 10.1 Å². The Balaban J connectivity index is 1.92. The topological polar surface area (TPSA) is 85.5 Å². The molecule has 0 saturated heterocycles. The van der Waals surface area contributed by atoms with E-state index in [1.807, 2.05) is 51.1 Å². The van der Waals surface area contributed by atoms with Crippen LogP contribution in [-0.2, 0) is 32.7 Å². The maximum Gasteiger partial charge on any atom is 0.325 e. The van der Waals surface area contributed by atoms with E-state index in [1.54, 1.807) is 0 Å². The molecule has 0 atom stereocenters. The van der Waals surface area contributed by atoms with Gasteiger partial charge in [-0.1, -0.05) is 56.3 Å². The molecule has 0 N–H and O–H groups in total. The molecule has 0 spiro atoms. The van der Waals surface area contributed by atoms with Gasteiger partial charge in [-0.15, -0.1) is 0 Å². The quantitative estimate of drug-likeness (QED) is 0.662. The molecule has 0 bridgehead atoms. The summed E-state index contributed by atoms with van der Waals surface area (Å²) in [6, 6.07) is 9.55. The number of amides is 1. The van der Waals surface area contributed by atoms with E-state index < -0.39 is 5.97 Å². The molecule has 7 nitrogen and oxygen atoms in total. The highest BCUT2D eigenvalue weighted by Crippen LogP contribution is 2.19. The van der Waals surface area contributed by atoms with Crippen molar-refractivity contribution in [1.29, 1.82) is 0 Å². The number of hydrogen-bond acceptors (Lipinski definition) is 6. The van der Waals surface area contributed by atoms with E-state index in [1.165, 1.54) is 12.0 Å². The lowest BCUT2D eigenvalue weighted by molar-refractivity contribution is -0.147. The van der Waals surface area contributed by atoms with Crippen LogP contribution in [0.5, 0.6) is 0 Å². The first-order valence-corrected chi connectivity index (χ1v) is 9.01. The summed E-state index contributed by atoms with van der Waals surface area (Å²) in [7, 11) is 1.32. The fourth-order valence-corrected chi connectivity index (χ4v) is 2.47. The largest absolute Gasteiger partial charge is 0.468 e. The van der Waals surface area contributed by atoms with E-state index in [-0.39, 0.29) is 24.3 Å². The SMILES string of the molecule is COC(=O)CN(Cc1ccccc1)C(=O)CCCc1nc(C(C)(C)C)no1. The Hall–Kier alpha value is -2.70. The average molecular weight is 373 g/mol. The molecule has 146 valence electrons. The predicted octanol–water partition coefficient (Wildman–Crippen LogP) is 2.89. The Morgan fingerprint density at radius 3 is 2.48 bits per heavy atom. The molecule has 0 unspecified atom stereocenters. The third-order valence-corrected chi connectivity index (χ3v) is 4.04. The van der Waals surface area contributed by atoms with Crippen molar-refractivity contribution in [2.45, 2.75) is 52.0 Å². The van der Waals surface area contributed by atoms with Crippen LogP contribution in [0.1, 0.15) is 50.9 Å². The number of benzene rings is 1. The van der Waals surface area contributed by atoms with Crippen LogP contribution in [0.25, 0.3) is 0 Å². The monoisotopic (exact) mass is 373 g/mol. The van der Waals surface area contributed by atoms with Crippen molar-refractivity contribution in [3.8, 4) is 0 Å². The van der Waals surface area contributed by atoms with Crippen LogP contribution in [0, 0.1) is 0 Å². The van der Waals surface area contributed by atoms with Crippen LogP contribution >= 0.6 is 0 Å². The first-order chi connectivity index (χ1) is 12.8. The Morgan fingerprint density at radius 2 is 1.89 bits per heavy atom. The molecule has 0 saturated carbocycles. The van der Waals surface area contributed by atoms with Gasteiger partial charge in [0, 0.05) is 24.8 Å². The van der Waals surface area contributed by atoms with Crippen LogP contribution in [0.15, 0.2) is 34.9 Å². The van der Waals surface area contributed by atoms with Crippen molar-refractivity contribution in [1.82, 2.24) is 15.0 Å². The number of nitrogens with zero attached hydrogens (tertiary/aromatic N) is 3. The lowest BCUT2D eigenvalue weighted by Crippen LogP contribution is -2.35. The van der Waals surface area contributed by atoms with Gasteiger partial charge < -0.3 is 14.2 Å². The van der Waals surface area contributed by atoms with E-state index in [0.717, 1.165) is 5.56 Å². The molecule has 27 heavy (non-hydrogen) atoms. The zero-order chi connectivity index (χ0) is 19.9. The summed E-state index contributed by atoms with van der Waals surface area (Å²) < 4.78 is 9.96. The number of carbonyl (C=O) groups excluding carboxylic acids is 2. The van der Waals surface area contributed by atoms with Crippen LogP contribution < -0.4 is 0 Å². The standard InChI is InChI=1S/C20H27N3O4/c1-20(2,3)19-21-16(27-22-19)11-8-12-17(24)23(14-18(25)26-4)13-15-9-6-5-7-10-15/h5-7,9-10H,8,11-14H2,1-4H3. The van der Waals surface area contributed by atoms with Crippen LogP contribution in [0.3, 0.4) is 0 Å². The zero-order valence-electron chi connectivity index (χ0n) is 16.4. The third-order valence-electron chi connectivity index (χ3n) is 4.04. The second-order valence-electron chi connectivity index (χ2n) is 7.43. The summed E-state index contributed by atoms with van der Waals surface area (Å²) in [6.45, 7) is 6.33. The van der Waals surface area contributed by atoms with Gasteiger partial charge >= 0.3 is 5.97 Å². The highest BCUT2D eigenvalue weighted by atomic mass is 16.5. The molecule has 1 aromatic heterocycles. The van der Waals surface area contributed by atoms with Crippen molar-refractivity contribution in [2.75, 3.05) is 13.7 Å². The Morgan fingerprint density at radius 1 is 1.19 bits per heavy atom. The summed E-state index contributed by atoms with van der Waals surface area (Å²) in [5, 5.41) is 3.98. The number of hydrogen-bond donors (Lipinski definition) is 0. The Kier molecular flexibility index (Phi) is 7.10. The Bertz CT molecular complexity index is 750. The minimum atomic E-state index is -0.439. The fraction of sp³-hybridized carbons (Fsp3) is 0.500. The molecule has 1 aromatic carbocycles. The lowest BCUT2D eigenvalue weighted by Gasteiger charge is -2.21. The number of ether oxygens (including phenoxy) is 1. The maximum absolute atomic E-state index is 12.6. The molecular formula is C20H27N3O4. The van der Waals surface area contributed by atoms with E-state index in [4.69, 9.17) is 9.26 Å². The van der Waals surface area contributed by atoms with Crippen molar-refractivity contribution in [3.63, 3.8) is 0 Å². The number of rotatable bonds is 8. The van der Waals surface area contributed by atoms with Crippen molar-refractivity contribution in [2.24, 2.45) is 0 Å². The predicted molar refractivity (Wildman–Crippen MR) is 99.8 cm³/mol. The fourth-order valence-electron chi connectivity index (χ4n) is 2.47. The molecule has 2 aromatic rings. The van der Waals surface area contributed by atoms with Gasteiger partial charge in [-0.25, -0.2) is 0 Å². The normalized spacial score (nSPS) is 11.3. The van der Waals surface area contributed by atoms with Gasteiger partial charge in [0.15, 0.2) is 5.82 Å². The average Bonchev–Trinajstić information content (AvgIpc) is 3.11. The third kappa shape index (κ3) is 6.51. The number of methoxy groups -OCH3 is 1. The second-order valence-corrected chi connectivity index (χ2v) is 7.43. The van der Waals surface area contributed by atoms with Gasteiger partial charge in [-0.3, -0.25) is 9.59 Å². The first kappa shape index (κ1) is 20.6. The molecule has 0 aliphatic rings. The van der Waals surface area contributed by atoms with Crippen molar-refractivity contribution < 1.29 is 18.8 Å². The highest BCUT2D eigenvalue weighted by molar-refractivity contribution is 5.82. The highest BCUT2D eigenvalue weighted by Gasteiger charge is 2.21. The molecule has 1 amide bonds. The molecule has 1 heterocycles. The van der Waals surface area contributed by atoms with E-state index >= 15 is 0 Å². The number of aromatic nitrogens is 2. The smallest absolute Gasteiger partial charge is 0.325 e. The molecule has 0 aliphatic heterocycles. The van der Waals surface area contributed by atoms with Gasteiger partial charge in [0.1, 0.15) is 6.54 Å². The van der Waals surface area contributed by atoms with Gasteiger partial charge in [0.25, 0.3) is 0 Å².